The van der Waals surface area contributed by atoms with E-state index in [0.717, 1.165) is 6.07 Å². The van der Waals surface area contributed by atoms with E-state index in [9.17, 15) is 22.4 Å². The van der Waals surface area contributed by atoms with E-state index in [1.54, 1.807) is 0 Å². The molecule has 0 aliphatic rings. The van der Waals surface area contributed by atoms with Crippen molar-refractivity contribution < 1.29 is 27.1 Å². The van der Waals surface area contributed by atoms with Crippen molar-refractivity contribution in [3.05, 3.63) is 29.6 Å². The fraction of sp³-hybridized carbons (Fsp3) is 0.300. The zero-order chi connectivity index (χ0) is 13.2. The first-order chi connectivity index (χ1) is 7.72. The smallest absolute Gasteiger partial charge is 0.402 e. The summed E-state index contributed by atoms with van der Waals surface area (Å²) >= 11 is 2.88. The molecule has 1 rings (SSSR count). The molecule has 1 atom stereocenters. The van der Waals surface area contributed by atoms with Crippen LogP contribution in [0.15, 0.2) is 18.2 Å². The van der Waals surface area contributed by atoms with Crippen LogP contribution in [0, 0.1) is 5.82 Å². The second-order valence-corrected chi connectivity index (χ2v) is 4.09. The number of ether oxygens (including phenoxy) is 1. The Labute approximate surface area is 103 Å². The summed E-state index contributed by atoms with van der Waals surface area (Å²) in [6.45, 7) is 1.17. The molecule has 0 fully saturated rings. The van der Waals surface area contributed by atoms with Gasteiger partial charge in [0.1, 0.15) is 10.6 Å². The molecule has 17 heavy (non-hydrogen) atoms. The third-order valence-electron chi connectivity index (χ3n) is 1.85. The number of hydrogen-bond donors (Lipinski definition) is 0. The van der Waals surface area contributed by atoms with Gasteiger partial charge in [0.2, 0.25) is 0 Å². The van der Waals surface area contributed by atoms with Gasteiger partial charge in [-0.25, -0.2) is 4.39 Å². The van der Waals surface area contributed by atoms with Crippen molar-refractivity contribution in [1.29, 1.82) is 0 Å². The fourth-order valence-corrected chi connectivity index (χ4v) is 1.53. The topological polar surface area (TPSA) is 26.3 Å². The summed E-state index contributed by atoms with van der Waals surface area (Å²) in [5, 5.41) is 0. The number of halogens is 5. The van der Waals surface area contributed by atoms with Crippen LogP contribution < -0.4 is 4.74 Å². The molecule has 0 amide bonds. The van der Waals surface area contributed by atoms with Crippen molar-refractivity contribution >= 4 is 21.7 Å². The number of carbonyl (C=O) groups excluding carboxylic acids is 1. The van der Waals surface area contributed by atoms with E-state index in [0.29, 0.717) is 0 Å². The van der Waals surface area contributed by atoms with E-state index in [1.807, 2.05) is 0 Å². The second-order valence-electron chi connectivity index (χ2n) is 3.18. The molecule has 0 bridgehead atoms. The van der Waals surface area contributed by atoms with Gasteiger partial charge in [-0.1, -0.05) is 28.1 Å². The van der Waals surface area contributed by atoms with E-state index in [2.05, 4.69) is 20.7 Å². The van der Waals surface area contributed by atoms with Crippen LogP contribution in [0.2, 0.25) is 0 Å². The number of para-hydroxylation sites is 1. The number of carbonyl (C=O) groups is 1. The Morgan fingerprint density at radius 3 is 2.47 bits per heavy atom. The molecule has 7 heteroatoms. The zero-order valence-electron chi connectivity index (χ0n) is 8.52. The molecule has 94 valence electrons. The molecule has 1 unspecified atom stereocenters. The highest BCUT2D eigenvalue weighted by Crippen LogP contribution is 2.36. The molecule has 0 spiro atoms. The zero-order valence-corrected chi connectivity index (χ0v) is 10.1. The van der Waals surface area contributed by atoms with Crippen molar-refractivity contribution in [3.63, 3.8) is 0 Å². The van der Waals surface area contributed by atoms with Crippen LogP contribution in [0.4, 0.5) is 17.6 Å². The van der Waals surface area contributed by atoms with E-state index in [-0.39, 0.29) is 5.56 Å². The SMILES string of the molecule is CC(=O)C(Br)c1cccc(F)c1OC(F)(F)F. The molecule has 2 nitrogen and oxygen atoms in total. The molecular formula is C10H7BrF4O2. The number of Topliss-reactive ketones (excluding diaryl/α,β-unsaturated/α-hetero) is 1. The summed E-state index contributed by atoms with van der Waals surface area (Å²) in [6, 6.07) is 3.21. The van der Waals surface area contributed by atoms with Gasteiger partial charge in [-0.05, 0) is 13.0 Å². The van der Waals surface area contributed by atoms with E-state index >= 15 is 0 Å². The number of ketones is 1. The van der Waals surface area contributed by atoms with Crippen LogP contribution in [0.1, 0.15) is 17.3 Å². The van der Waals surface area contributed by atoms with Crippen LogP contribution in [0.25, 0.3) is 0 Å². The predicted octanol–water partition coefficient (Wildman–Crippen LogP) is 3.75. The van der Waals surface area contributed by atoms with Gasteiger partial charge in [0.25, 0.3) is 0 Å². The summed E-state index contributed by atoms with van der Waals surface area (Å²) in [5.74, 6) is -2.62. The van der Waals surface area contributed by atoms with Crippen molar-refractivity contribution in [2.24, 2.45) is 0 Å². The first-order valence-electron chi connectivity index (χ1n) is 4.41. The van der Waals surface area contributed by atoms with Gasteiger partial charge < -0.3 is 4.74 Å². The Balaban J connectivity index is 3.22. The standard InChI is InChI=1S/C10H7BrF4O2/c1-5(16)8(11)6-3-2-4-7(12)9(6)17-10(13,14)15/h2-4,8H,1H3. The van der Waals surface area contributed by atoms with E-state index in [1.165, 1.54) is 19.1 Å². The van der Waals surface area contributed by atoms with Gasteiger partial charge in [0, 0.05) is 5.56 Å². The molecular weight excluding hydrogens is 308 g/mol. The first kappa shape index (κ1) is 14.0. The van der Waals surface area contributed by atoms with Crippen LogP contribution in [-0.4, -0.2) is 12.1 Å². The maximum Gasteiger partial charge on any atom is 0.573 e. The Hall–Kier alpha value is -1.11. The van der Waals surface area contributed by atoms with Crippen LogP contribution in [0.3, 0.4) is 0 Å². The predicted molar refractivity (Wildman–Crippen MR) is 55.4 cm³/mol. The first-order valence-corrected chi connectivity index (χ1v) is 5.32. The van der Waals surface area contributed by atoms with Crippen LogP contribution in [-0.2, 0) is 4.79 Å². The Kier molecular flexibility index (Phi) is 4.13. The van der Waals surface area contributed by atoms with E-state index < -0.39 is 28.5 Å². The highest BCUT2D eigenvalue weighted by molar-refractivity contribution is 9.09. The minimum absolute atomic E-state index is 0.199. The normalized spacial score (nSPS) is 13.3. The monoisotopic (exact) mass is 314 g/mol. The average Bonchev–Trinajstić information content (AvgIpc) is 2.18. The Morgan fingerprint density at radius 1 is 1.41 bits per heavy atom. The average molecular weight is 315 g/mol. The number of hydrogen-bond acceptors (Lipinski definition) is 2. The minimum atomic E-state index is -5.01. The molecule has 0 radical (unpaired) electrons. The largest absolute Gasteiger partial charge is 0.573 e. The summed E-state index contributed by atoms with van der Waals surface area (Å²) in [7, 11) is 0. The molecule has 0 saturated heterocycles. The van der Waals surface area contributed by atoms with Gasteiger partial charge in [-0.3, -0.25) is 4.79 Å². The molecule has 0 heterocycles. The third-order valence-corrected chi connectivity index (χ3v) is 2.98. The summed E-state index contributed by atoms with van der Waals surface area (Å²) in [5.41, 5.74) is -0.199. The Morgan fingerprint density at radius 2 is 2.00 bits per heavy atom. The maximum atomic E-state index is 13.2. The molecule has 1 aromatic carbocycles. The molecule has 0 saturated carbocycles. The highest BCUT2D eigenvalue weighted by atomic mass is 79.9. The lowest BCUT2D eigenvalue weighted by Crippen LogP contribution is -2.20. The van der Waals surface area contributed by atoms with Crippen molar-refractivity contribution in [1.82, 2.24) is 0 Å². The van der Waals surface area contributed by atoms with Gasteiger partial charge in [0.05, 0.1) is 0 Å². The Bertz CT molecular complexity index is 431. The molecule has 1 aromatic rings. The maximum absolute atomic E-state index is 13.2. The molecule has 0 aromatic heterocycles. The molecule has 0 N–H and O–H groups in total. The minimum Gasteiger partial charge on any atom is -0.402 e. The van der Waals surface area contributed by atoms with Gasteiger partial charge in [-0.2, -0.15) is 0 Å². The third kappa shape index (κ3) is 3.69. The van der Waals surface area contributed by atoms with Crippen molar-refractivity contribution in [3.8, 4) is 5.75 Å². The summed E-state index contributed by atoms with van der Waals surface area (Å²) in [4.78, 5) is 10.0. The molecule has 0 aliphatic carbocycles. The lowest BCUT2D eigenvalue weighted by atomic mass is 10.1. The highest BCUT2D eigenvalue weighted by Gasteiger charge is 2.34. The van der Waals surface area contributed by atoms with Crippen molar-refractivity contribution in [2.75, 3.05) is 0 Å². The van der Waals surface area contributed by atoms with Crippen molar-refractivity contribution in [2.45, 2.75) is 18.1 Å². The second kappa shape index (κ2) is 5.03. The summed E-state index contributed by atoms with van der Waals surface area (Å²) < 4.78 is 53.1. The number of benzene rings is 1. The van der Waals surface area contributed by atoms with Gasteiger partial charge in [-0.15, -0.1) is 13.2 Å². The lowest BCUT2D eigenvalue weighted by Gasteiger charge is -2.15. The van der Waals surface area contributed by atoms with Gasteiger partial charge in [0.15, 0.2) is 11.6 Å². The quantitative estimate of drug-likeness (QED) is 0.627. The number of alkyl halides is 4. The molecule has 0 aliphatic heterocycles. The lowest BCUT2D eigenvalue weighted by molar-refractivity contribution is -0.275. The van der Waals surface area contributed by atoms with Gasteiger partial charge >= 0.3 is 6.36 Å². The van der Waals surface area contributed by atoms with Crippen LogP contribution in [0.5, 0.6) is 5.75 Å². The summed E-state index contributed by atoms with van der Waals surface area (Å²) in [6.07, 6.45) is -5.01. The number of rotatable bonds is 3. The van der Waals surface area contributed by atoms with E-state index in [4.69, 9.17) is 0 Å². The fourth-order valence-electron chi connectivity index (χ4n) is 1.17. The van der Waals surface area contributed by atoms with Crippen LogP contribution >= 0.6 is 15.9 Å².